The molecule has 206 valence electrons. The number of fused-ring (bicyclic) bond motifs is 1. The molecule has 0 bridgehead atoms. The number of aromatic nitrogens is 4. The highest BCUT2D eigenvalue weighted by atomic mass is 32.2. The van der Waals surface area contributed by atoms with E-state index in [1.807, 2.05) is 11.5 Å². The molecule has 3 heterocycles. The van der Waals surface area contributed by atoms with Crippen molar-refractivity contribution in [2.45, 2.75) is 19.4 Å². The molecule has 0 saturated heterocycles. The molecule has 5 aromatic rings. The van der Waals surface area contributed by atoms with Crippen LogP contribution in [0.25, 0.3) is 22.2 Å². The number of hydrogen-bond acceptors (Lipinski definition) is 6. The molecule has 40 heavy (non-hydrogen) atoms. The Morgan fingerprint density at radius 1 is 1.00 bits per heavy atom. The van der Waals surface area contributed by atoms with Crippen LogP contribution in [0.2, 0.25) is 0 Å². The fourth-order valence-electron chi connectivity index (χ4n) is 4.55. The minimum Gasteiger partial charge on any atom is -0.481 e. The van der Waals surface area contributed by atoms with Gasteiger partial charge >= 0.3 is 0 Å². The average Bonchev–Trinajstić information content (AvgIpc) is 3.28. The summed E-state index contributed by atoms with van der Waals surface area (Å²) in [6.07, 6.45) is 4.60. The second-order valence-electron chi connectivity index (χ2n) is 9.47. The molecule has 11 heteroatoms. The van der Waals surface area contributed by atoms with Gasteiger partial charge in [-0.1, -0.05) is 18.2 Å². The summed E-state index contributed by atoms with van der Waals surface area (Å²) in [7, 11) is -0.502. The number of pyridine rings is 2. The van der Waals surface area contributed by atoms with Crippen molar-refractivity contribution >= 4 is 26.9 Å². The van der Waals surface area contributed by atoms with Gasteiger partial charge in [-0.05, 0) is 48.4 Å². The molecule has 8 nitrogen and oxygen atoms in total. The van der Waals surface area contributed by atoms with Crippen LogP contribution in [0.15, 0.2) is 73.1 Å². The summed E-state index contributed by atoms with van der Waals surface area (Å²) in [5.74, 6) is 0.569. The van der Waals surface area contributed by atoms with Gasteiger partial charge in [0.1, 0.15) is 23.3 Å². The second-order valence-corrected chi connectivity index (χ2v) is 11.5. The quantitative estimate of drug-likeness (QED) is 0.252. The molecule has 3 aromatic heterocycles. The number of rotatable bonds is 8. The molecular formula is C29H27F2N5O3S. The summed E-state index contributed by atoms with van der Waals surface area (Å²) in [4.78, 5) is 13.3. The first-order chi connectivity index (χ1) is 19.0. The third kappa shape index (κ3) is 5.37. The van der Waals surface area contributed by atoms with E-state index in [0.29, 0.717) is 46.1 Å². The van der Waals surface area contributed by atoms with Crippen molar-refractivity contribution in [2.24, 2.45) is 0 Å². The summed E-state index contributed by atoms with van der Waals surface area (Å²) in [5.41, 5.74) is 3.74. The van der Waals surface area contributed by atoms with Crippen molar-refractivity contribution in [2.75, 3.05) is 24.7 Å². The van der Waals surface area contributed by atoms with Crippen molar-refractivity contribution < 1.29 is 21.9 Å². The van der Waals surface area contributed by atoms with E-state index in [1.165, 1.54) is 32.4 Å². The third-order valence-corrected chi connectivity index (χ3v) is 8.02. The number of anilines is 1. The number of hydrogen-bond donors (Lipinski definition) is 0. The van der Waals surface area contributed by atoms with Crippen LogP contribution in [0.1, 0.15) is 29.9 Å². The molecule has 0 N–H and O–H groups in total. The Bertz CT molecular complexity index is 1770. The Balaban J connectivity index is 1.61. The Morgan fingerprint density at radius 3 is 2.35 bits per heavy atom. The largest absolute Gasteiger partial charge is 0.481 e. The lowest BCUT2D eigenvalue weighted by molar-refractivity contribution is 0.398. The fourth-order valence-corrected chi connectivity index (χ4v) is 5.00. The number of benzene rings is 2. The van der Waals surface area contributed by atoms with Crippen LogP contribution in [0, 0.1) is 11.6 Å². The van der Waals surface area contributed by atoms with E-state index >= 15 is 4.39 Å². The number of sulfonamides is 1. The summed E-state index contributed by atoms with van der Waals surface area (Å²) >= 11 is 0. The maximum absolute atomic E-state index is 15.3. The zero-order valence-electron chi connectivity index (χ0n) is 22.3. The third-order valence-electron chi connectivity index (χ3n) is 6.84. The van der Waals surface area contributed by atoms with Crippen LogP contribution >= 0.6 is 0 Å². The topological polar surface area (TPSA) is 90.2 Å². The number of halogens is 2. The summed E-state index contributed by atoms with van der Waals surface area (Å²) in [6, 6.07) is 15.9. The van der Waals surface area contributed by atoms with Gasteiger partial charge in [0, 0.05) is 49.1 Å². The molecule has 0 aliphatic carbocycles. The van der Waals surface area contributed by atoms with Gasteiger partial charge in [0.2, 0.25) is 15.9 Å². The van der Waals surface area contributed by atoms with E-state index in [2.05, 4.69) is 9.97 Å². The van der Waals surface area contributed by atoms with E-state index in [1.54, 1.807) is 54.9 Å². The van der Waals surface area contributed by atoms with E-state index in [0.717, 1.165) is 21.7 Å². The van der Waals surface area contributed by atoms with Crippen molar-refractivity contribution in [1.29, 1.82) is 0 Å². The maximum Gasteiger partial charge on any atom is 0.233 e. The summed E-state index contributed by atoms with van der Waals surface area (Å²) < 4.78 is 61.0. The predicted octanol–water partition coefficient (Wildman–Crippen LogP) is 5.38. The zero-order chi connectivity index (χ0) is 28.6. The molecule has 2 aromatic carbocycles. The van der Waals surface area contributed by atoms with Crippen molar-refractivity contribution in [3.8, 4) is 17.0 Å². The predicted molar refractivity (Wildman–Crippen MR) is 150 cm³/mol. The standard InChI is InChI=1S/C29H27F2N5O3S/c1-18(20-6-9-22(30)10-7-20)36-26-14-23(21-8-12-29(39-3)33-17-21)24(31)15-25(26)34-28(36)13-19-5-11-27(32-16-19)35(2)40(4,37)38/h5-12,14-18H,13H2,1-4H3/t18-/m0/s1. The first kappa shape index (κ1) is 27.2. The smallest absolute Gasteiger partial charge is 0.233 e. The monoisotopic (exact) mass is 563 g/mol. The van der Waals surface area contributed by atoms with Gasteiger partial charge in [0.05, 0.1) is 30.4 Å². The Kier molecular flexibility index (Phi) is 7.24. The number of nitrogens with zero attached hydrogens (tertiary/aromatic N) is 5. The second kappa shape index (κ2) is 10.6. The highest BCUT2D eigenvalue weighted by molar-refractivity contribution is 7.92. The Hall–Kier alpha value is -4.38. The van der Waals surface area contributed by atoms with E-state index in [9.17, 15) is 12.8 Å². The summed E-state index contributed by atoms with van der Waals surface area (Å²) in [5, 5.41) is 0. The van der Waals surface area contributed by atoms with Crippen molar-refractivity contribution in [1.82, 2.24) is 19.5 Å². The minimum atomic E-state index is -3.45. The van der Waals surface area contributed by atoms with Crippen LogP contribution in [0.5, 0.6) is 5.88 Å². The molecule has 1 atom stereocenters. The van der Waals surface area contributed by atoms with Crippen LogP contribution < -0.4 is 9.04 Å². The molecule has 0 amide bonds. The van der Waals surface area contributed by atoms with Gasteiger partial charge in [0.15, 0.2) is 0 Å². The van der Waals surface area contributed by atoms with Gasteiger partial charge in [-0.25, -0.2) is 32.2 Å². The van der Waals surface area contributed by atoms with Crippen LogP contribution in [-0.2, 0) is 16.4 Å². The first-order valence-corrected chi connectivity index (χ1v) is 14.2. The first-order valence-electron chi connectivity index (χ1n) is 12.4. The molecule has 0 spiro atoms. The van der Waals surface area contributed by atoms with Gasteiger partial charge < -0.3 is 9.30 Å². The van der Waals surface area contributed by atoms with Crippen molar-refractivity contribution in [3.63, 3.8) is 0 Å². The molecule has 0 fully saturated rings. The normalized spacial score (nSPS) is 12.4. The van der Waals surface area contributed by atoms with E-state index < -0.39 is 15.8 Å². The molecule has 0 radical (unpaired) electrons. The van der Waals surface area contributed by atoms with E-state index in [-0.39, 0.29) is 11.9 Å². The minimum absolute atomic E-state index is 0.267. The van der Waals surface area contributed by atoms with Gasteiger partial charge in [-0.3, -0.25) is 4.31 Å². The van der Waals surface area contributed by atoms with Crippen LogP contribution in [-0.4, -0.2) is 48.4 Å². The van der Waals surface area contributed by atoms with Crippen molar-refractivity contribution in [3.05, 3.63) is 102 Å². The number of methoxy groups -OCH3 is 1. The Morgan fingerprint density at radius 2 is 1.75 bits per heavy atom. The number of ether oxygens (including phenoxy) is 1. The van der Waals surface area contributed by atoms with Gasteiger partial charge in [-0.15, -0.1) is 0 Å². The van der Waals surface area contributed by atoms with Gasteiger partial charge in [-0.2, -0.15) is 0 Å². The molecule has 0 unspecified atom stereocenters. The molecular weight excluding hydrogens is 536 g/mol. The lowest BCUT2D eigenvalue weighted by atomic mass is 10.0. The lowest BCUT2D eigenvalue weighted by Crippen LogP contribution is -2.25. The lowest BCUT2D eigenvalue weighted by Gasteiger charge is -2.19. The highest BCUT2D eigenvalue weighted by Crippen LogP contribution is 2.33. The van der Waals surface area contributed by atoms with Gasteiger partial charge in [0.25, 0.3) is 0 Å². The van der Waals surface area contributed by atoms with E-state index in [4.69, 9.17) is 9.72 Å². The van der Waals surface area contributed by atoms with Crippen LogP contribution in [0.4, 0.5) is 14.6 Å². The summed E-state index contributed by atoms with van der Waals surface area (Å²) in [6.45, 7) is 1.97. The fraction of sp³-hybridized carbons (Fsp3) is 0.207. The highest BCUT2D eigenvalue weighted by Gasteiger charge is 2.21. The molecule has 0 saturated carbocycles. The molecule has 0 aliphatic heterocycles. The molecule has 0 aliphatic rings. The average molecular weight is 564 g/mol. The zero-order valence-corrected chi connectivity index (χ0v) is 23.2. The van der Waals surface area contributed by atoms with Crippen LogP contribution in [0.3, 0.4) is 0 Å². The molecule has 5 rings (SSSR count). The maximum atomic E-state index is 15.3. The Labute approximate surface area is 231 Å². The SMILES string of the molecule is COc1ccc(-c2cc3c(cc2F)nc(Cc2ccc(N(C)S(C)(=O)=O)nc2)n3[C@@H](C)c2ccc(F)cc2)cn1. The number of imidazole rings is 1.